The second kappa shape index (κ2) is 11.2. The van der Waals surface area contributed by atoms with Crippen LogP contribution in [0.5, 0.6) is 0 Å². The molecule has 2 aromatic carbocycles. The number of rotatable bonds is 8. The van der Waals surface area contributed by atoms with Crippen LogP contribution in [-0.4, -0.2) is 53.5 Å². The highest BCUT2D eigenvalue weighted by Gasteiger charge is 2.29. The summed E-state index contributed by atoms with van der Waals surface area (Å²) in [4.78, 5) is 26.3. The number of piperazine rings is 1. The number of carbonyl (C=O) groups is 1. The monoisotopic (exact) mass is 538 g/mol. The Morgan fingerprint density at radius 2 is 1.74 bits per heavy atom. The van der Waals surface area contributed by atoms with Crippen molar-refractivity contribution in [2.24, 2.45) is 5.92 Å². The lowest BCUT2D eigenvalue weighted by Crippen LogP contribution is -2.46. The molecule has 2 fully saturated rings. The van der Waals surface area contributed by atoms with E-state index in [1.54, 1.807) is 17.7 Å². The minimum Gasteiger partial charge on any atom is -0.369 e. The van der Waals surface area contributed by atoms with E-state index in [1.165, 1.54) is 5.69 Å². The lowest BCUT2D eigenvalue weighted by atomic mass is 10.1. The Labute approximate surface area is 233 Å². The molecule has 7 nitrogen and oxygen atoms in total. The van der Waals surface area contributed by atoms with E-state index in [-0.39, 0.29) is 11.8 Å². The van der Waals surface area contributed by atoms with Crippen LogP contribution in [0.2, 0.25) is 0 Å². The van der Waals surface area contributed by atoms with Gasteiger partial charge in [0.15, 0.2) is 5.82 Å². The van der Waals surface area contributed by atoms with Crippen molar-refractivity contribution < 1.29 is 4.79 Å². The average Bonchev–Trinajstić information content (AvgIpc) is 3.74. The van der Waals surface area contributed by atoms with Gasteiger partial charge < -0.3 is 20.4 Å². The lowest BCUT2D eigenvalue weighted by molar-refractivity contribution is -0.117. The molecule has 8 heteroatoms. The molecule has 3 heterocycles. The zero-order valence-corrected chi connectivity index (χ0v) is 23.3. The van der Waals surface area contributed by atoms with Gasteiger partial charge in [-0.2, -0.15) is 0 Å². The molecule has 2 N–H and O–H groups in total. The first kappa shape index (κ1) is 25.5. The largest absolute Gasteiger partial charge is 0.369 e. The maximum atomic E-state index is 12.2. The number of nitrogens with one attached hydrogen (secondary N) is 2. The van der Waals surface area contributed by atoms with Gasteiger partial charge in [0.05, 0.1) is 10.2 Å². The van der Waals surface area contributed by atoms with Crippen molar-refractivity contribution in [2.45, 2.75) is 26.7 Å². The Bertz CT molecular complexity index is 1500. The summed E-state index contributed by atoms with van der Waals surface area (Å²) in [6.07, 6.45) is 7.80. The number of likely N-dealkylation sites (N-methyl/N-ethyl adjacent to an activating group) is 1. The Kier molecular flexibility index (Phi) is 7.30. The van der Waals surface area contributed by atoms with Gasteiger partial charge in [-0.15, -0.1) is 11.3 Å². The van der Waals surface area contributed by atoms with Crippen LogP contribution >= 0.6 is 11.3 Å². The Hall–Kier alpha value is -3.75. The molecule has 0 unspecified atom stereocenters. The maximum absolute atomic E-state index is 12.2. The fourth-order valence-corrected chi connectivity index (χ4v) is 5.89. The van der Waals surface area contributed by atoms with Crippen molar-refractivity contribution >= 4 is 62.5 Å². The molecule has 1 aliphatic heterocycles. The van der Waals surface area contributed by atoms with Crippen LogP contribution in [0.25, 0.3) is 22.4 Å². The quantitative estimate of drug-likeness (QED) is 0.270. The molecular weight excluding hydrogens is 504 g/mol. The Morgan fingerprint density at radius 1 is 1.00 bits per heavy atom. The fraction of sp³-hybridized carbons (Fsp3) is 0.323. The third-order valence-electron chi connectivity index (χ3n) is 7.63. The highest BCUT2D eigenvalue weighted by Crippen LogP contribution is 2.33. The van der Waals surface area contributed by atoms with Gasteiger partial charge in [-0.1, -0.05) is 25.1 Å². The van der Waals surface area contributed by atoms with Crippen LogP contribution in [-0.2, 0) is 4.79 Å². The van der Waals surface area contributed by atoms with Crippen LogP contribution in [0.15, 0.2) is 54.2 Å². The topological polar surface area (TPSA) is 73.4 Å². The predicted octanol–water partition coefficient (Wildman–Crippen LogP) is 6.40. The SMILES string of the molecule is CCN1CCN(c2ccc(Nc3ncnc4c(C=Cc5cc(NC(=O)C6CC6)ccc5C)csc34)cc2)CC1. The molecule has 1 saturated heterocycles. The average molecular weight is 539 g/mol. The maximum Gasteiger partial charge on any atom is 0.227 e. The standard InChI is InChI=1S/C31H34N6OS/c1-3-36-14-16-37(17-15-36)27-12-10-25(11-13-27)34-30-29-28(32-20-33-30)24(19-39-29)8-7-23-18-26(9-4-21(23)2)35-31(38)22-5-6-22/h4,7-13,18-20,22H,3,5-6,14-17H2,1-2H3,(H,35,38)(H,32,33,34). The van der Waals surface area contributed by atoms with E-state index in [0.29, 0.717) is 0 Å². The number of hydrogen-bond donors (Lipinski definition) is 2. The number of aromatic nitrogens is 2. The molecule has 2 aliphatic rings. The molecule has 2 aromatic heterocycles. The van der Waals surface area contributed by atoms with Crippen LogP contribution in [0.1, 0.15) is 36.5 Å². The summed E-state index contributed by atoms with van der Waals surface area (Å²) in [5.41, 5.74) is 7.32. The minimum atomic E-state index is 0.124. The van der Waals surface area contributed by atoms with Crippen molar-refractivity contribution in [1.82, 2.24) is 14.9 Å². The van der Waals surface area contributed by atoms with E-state index in [2.05, 4.69) is 92.1 Å². The van der Waals surface area contributed by atoms with Crippen molar-refractivity contribution in [3.8, 4) is 0 Å². The van der Waals surface area contributed by atoms with Crippen molar-refractivity contribution in [2.75, 3.05) is 48.3 Å². The number of benzene rings is 2. The molecule has 0 spiro atoms. The van der Waals surface area contributed by atoms with Gasteiger partial charge in [-0.25, -0.2) is 9.97 Å². The summed E-state index contributed by atoms with van der Waals surface area (Å²) in [7, 11) is 0. The normalized spacial score (nSPS) is 16.2. The summed E-state index contributed by atoms with van der Waals surface area (Å²) >= 11 is 1.64. The predicted molar refractivity (Wildman–Crippen MR) is 163 cm³/mol. The number of nitrogens with zero attached hydrogens (tertiary/aromatic N) is 4. The summed E-state index contributed by atoms with van der Waals surface area (Å²) in [6.45, 7) is 9.80. The number of fused-ring (bicyclic) bond motifs is 1. The first-order valence-corrected chi connectivity index (χ1v) is 14.6. The van der Waals surface area contributed by atoms with Gasteiger partial charge in [0.2, 0.25) is 5.91 Å². The number of anilines is 4. The molecule has 0 atom stereocenters. The Balaban J connectivity index is 1.16. The van der Waals surface area contributed by atoms with Gasteiger partial charge in [0.25, 0.3) is 0 Å². The zero-order valence-electron chi connectivity index (χ0n) is 22.5. The molecule has 6 rings (SSSR count). The van der Waals surface area contributed by atoms with E-state index < -0.39 is 0 Å². The lowest BCUT2D eigenvalue weighted by Gasteiger charge is -2.35. The summed E-state index contributed by atoms with van der Waals surface area (Å²) in [5, 5.41) is 8.66. The van der Waals surface area contributed by atoms with Gasteiger partial charge in [0, 0.05) is 60.1 Å². The molecule has 200 valence electrons. The number of aryl methyl sites for hydroxylation is 1. The third kappa shape index (κ3) is 5.82. The van der Waals surface area contributed by atoms with Crippen LogP contribution in [0.3, 0.4) is 0 Å². The van der Waals surface area contributed by atoms with E-state index >= 15 is 0 Å². The second-order valence-corrected chi connectivity index (χ2v) is 11.2. The summed E-state index contributed by atoms with van der Waals surface area (Å²) in [6, 6.07) is 14.7. The minimum absolute atomic E-state index is 0.124. The molecule has 0 bridgehead atoms. The number of hydrogen-bond acceptors (Lipinski definition) is 7. The molecule has 1 aliphatic carbocycles. The Morgan fingerprint density at radius 3 is 2.49 bits per heavy atom. The first-order valence-electron chi connectivity index (χ1n) is 13.7. The van der Waals surface area contributed by atoms with Gasteiger partial charge in [-0.3, -0.25) is 4.79 Å². The summed E-state index contributed by atoms with van der Waals surface area (Å²) < 4.78 is 1.03. The molecule has 1 saturated carbocycles. The summed E-state index contributed by atoms with van der Waals surface area (Å²) in [5.74, 6) is 1.12. The van der Waals surface area contributed by atoms with Crippen molar-refractivity contribution in [1.29, 1.82) is 0 Å². The molecular formula is C31H34N6OS. The van der Waals surface area contributed by atoms with E-state index in [4.69, 9.17) is 0 Å². The van der Waals surface area contributed by atoms with Crippen LogP contribution in [0.4, 0.5) is 22.9 Å². The molecule has 0 radical (unpaired) electrons. The van der Waals surface area contributed by atoms with Gasteiger partial charge in [0.1, 0.15) is 6.33 Å². The second-order valence-electron chi connectivity index (χ2n) is 10.4. The van der Waals surface area contributed by atoms with E-state index in [9.17, 15) is 4.79 Å². The smallest absolute Gasteiger partial charge is 0.227 e. The number of amides is 1. The highest BCUT2D eigenvalue weighted by molar-refractivity contribution is 7.18. The molecule has 4 aromatic rings. The van der Waals surface area contributed by atoms with Crippen LogP contribution in [0, 0.1) is 12.8 Å². The van der Waals surface area contributed by atoms with E-state index in [0.717, 1.165) is 89.7 Å². The number of thiophene rings is 1. The highest BCUT2D eigenvalue weighted by atomic mass is 32.1. The number of carbonyl (C=O) groups excluding carboxylic acids is 1. The van der Waals surface area contributed by atoms with Gasteiger partial charge >= 0.3 is 0 Å². The third-order valence-corrected chi connectivity index (χ3v) is 8.63. The molecule has 1 amide bonds. The fourth-order valence-electron chi connectivity index (χ4n) is 4.96. The first-order chi connectivity index (χ1) is 19.1. The van der Waals surface area contributed by atoms with Crippen LogP contribution < -0.4 is 15.5 Å². The van der Waals surface area contributed by atoms with E-state index in [1.807, 2.05) is 12.1 Å². The molecule has 39 heavy (non-hydrogen) atoms. The van der Waals surface area contributed by atoms with Gasteiger partial charge in [-0.05, 0) is 73.8 Å². The van der Waals surface area contributed by atoms with Crippen molar-refractivity contribution in [3.05, 3.63) is 70.9 Å². The van der Waals surface area contributed by atoms with Crippen molar-refractivity contribution in [3.63, 3.8) is 0 Å². The zero-order chi connectivity index (χ0) is 26.8.